The largest absolute Gasteiger partial charge is 0.416 e. The maximum atomic E-state index is 13.0. The summed E-state index contributed by atoms with van der Waals surface area (Å²) in [5.74, 6) is -0.847. The number of amides is 1. The highest BCUT2D eigenvalue weighted by Gasteiger charge is 2.32. The van der Waals surface area contributed by atoms with Gasteiger partial charge in [-0.25, -0.2) is 8.42 Å². The van der Waals surface area contributed by atoms with Crippen LogP contribution in [-0.4, -0.2) is 38.9 Å². The van der Waals surface area contributed by atoms with Crippen LogP contribution in [0.4, 0.5) is 24.5 Å². The zero-order valence-electron chi connectivity index (χ0n) is 14.1. The fraction of sp³-hybridized carbons (Fsp3) is 0.562. The van der Waals surface area contributed by atoms with Crippen molar-refractivity contribution < 1.29 is 26.4 Å². The first-order valence-corrected chi connectivity index (χ1v) is 9.91. The Morgan fingerprint density at radius 1 is 1.20 bits per heavy atom. The van der Waals surface area contributed by atoms with Crippen molar-refractivity contribution in [3.8, 4) is 0 Å². The number of piperidine rings is 1. The van der Waals surface area contributed by atoms with Crippen LogP contribution in [-0.2, 0) is 20.8 Å². The van der Waals surface area contributed by atoms with Gasteiger partial charge in [0, 0.05) is 19.3 Å². The number of alkyl halides is 3. The fourth-order valence-corrected chi connectivity index (χ4v) is 3.10. The molecule has 1 amide bonds. The van der Waals surface area contributed by atoms with Gasteiger partial charge in [0.05, 0.1) is 16.9 Å². The van der Waals surface area contributed by atoms with Crippen LogP contribution in [0, 0.1) is 0 Å². The second-order valence-electron chi connectivity index (χ2n) is 6.24. The first-order chi connectivity index (χ1) is 11.5. The third-order valence-electron chi connectivity index (χ3n) is 4.29. The van der Waals surface area contributed by atoms with Gasteiger partial charge in [0.15, 0.2) is 9.84 Å². The summed E-state index contributed by atoms with van der Waals surface area (Å²) in [5.41, 5.74) is -0.436. The van der Waals surface area contributed by atoms with Crippen LogP contribution in [0.25, 0.3) is 0 Å². The first-order valence-electron chi connectivity index (χ1n) is 7.96. The molecule has 0 spiro atoms. The highest BCUT2D eigenvalue weighted by atomic mass is 32.2. The van der Waals surface area contributed by atoms with Crippen LogP contribution in [0.3, 0.4) is 0 Å². The van der Waals surface area contributed by atoms with Crippen molar-refractivity contribution in [3.05, 3.63) is 23.8 Å². The molecule has 1 fully saturated rings. The molecule has 25 heavy (non-hydrogen) atoms. The molecule has 1 aliphatic rings. The SMILES string of the molecule is C[C@H](C(=O)Nc1cc(C(F)(F)F)ccc1N1CCCCC1)S(C)(=O)=O. The van der Waals surface area contributed by atoms with Crippen molar-refractivity contribution in [2.75, 3.05) is 29.6 Å². The molecule has 1 aromatic carbocycles. The van der Waals surface area contributed by atoms with E-state index in [0.29, 0.717) is 18.8 Å². The number of hydrogen-bond acceptors (Lipinski definition) is 4. The van der Waals surface area contributed by atoms with Crippen molar-refractivity contribution in [1.29, 1.82) is 0 Å². The molecule has 2 rings (SSSR count). The Labute approximate surface area is 145 Å². The number of nitrogens with one attached hydrogen (secondary N) is 1. The Morgan fingerprint density at radius 2 is 1.80 bits per heavy atom. The molecule has 1 heterocycles. The monoisotopic (exact) mass is 378 g/mol. The molecule has 140 valence electrons. The molecular weight excluding hydrogens is 357 g/mol. The van der Waals surface area contributed by atoms with Crippen LogP contribution in [0.5, 0.6) is 0 Å². The second-order valence-corrected chi connectivity index (χ2v) is 8.60. The molecule has 1 aliphatic heterocycles. The van der Waals surface area contributed by atoms with Gasteiger partial charge in [0.2, 0.25) is 5.91 Å². The predicted octanol–water partition coefficient (Wildman–Crippen LogP) is 3.07. The van der Waals surface area contributed by atoms with E-state index in [-0.39, 0.29) is 5.69 Å². The highest BCUT2D eigenvalue weighted by Crippen LogP contribution is 2.36. The summed E-state index contributed by atoms with van der Waals surface area (Å²) in [5, 5.41) is 1.02. The van der Waals surface area contributed by atoms with Gasteiger partial charge in [0.1, 0.15) is 5.25 Å². The highest BCUT2D eigenvalue weighted by molar-refractivity contribution is 7.92. The summed E-state index contributed by atoms with van der Waals surface area (Å²) in [6.45, 7) is 2.56. The minimum Gasteiger partial charge on any atom is -0.370 e. The Hall–Kier alpha value is -1.77. The maximum Gasteiger partial charge on any atom is 0.416 e. The van der Waals surface area contributed by atoms with E-state index in [4.69, 9.17) is 0 Å². The van der Waals surface area contributed by atoms with E-state index in [2.05, 4.69) is 5.32 Å². The summed E-state index contributed by atoms with van der Waals surface area (Å²) in [6, 6.07) is 3.16. The predicted molar refractivity (Wildman–Crippen MR) is 90.4 cm³/mol. The van der Waals surface area contributed by atoms with Gasteiger partial charge in [-0.2, -0.15) is 13.2 Å². The first kappa shape index (κ1) is 19.6. The molecule has 0 aliphatic carbocycles. The number of carbonyl (C=O) groups excluding carboxylic acids is 1. The quantitative estimate of drug-likeness (QED) is 0.875. The van der Waals surface area contributed by atoms with E-state index in [1.54, 1.807) is 0 Å². The Kier molecular flexibility index (Phi) is 5.65. The summed E-state index contributed by atoms with van der Waals surface area (Å²) < 4.78 is 62.1. The zero-order chi connectivity index (χ0) is 18.8. The number of benzene rings is 1. The van der Waals surface area contributed by atoms with Gasteiger partial charge in [-0.1, -0.05) is 0 Å². The number of hydrogen-bond donors (Lipinski definition) is 1. The number of anilines is 2. The molecule has 0 radical (unpaired) electrons. The van der Waals surface area contributed by atoms with Gasteiger partial charge >= 0.3 is 6.18 Å². The van der Waals surface area contributed by atoms with Crippen molar-refractivity contribution >= 4 is 27.1 Å². The molecule has 5 nitrogen and oxygen atoms in total. The van der Waals surface area contributed by atoms with Gasteiger partial charge in [-0.3, -0.25) is 4.79 Å². The van der Waals surface area contributed by atoms with E-state index in [1.165, 1.54) is 13.0 Å². The Bertz CT molecular complexity index is 741. The summed E-state index contributed by atoms with van der Waals surface area (Å²) in [4.78, 5) is 14.1. The standard InChI is InChI=1S/C16H21F3N2O3S/c1-11(25(2,23)24)15(22)20-13-10-12(16(17,18)19)6-7-14(13)21-8-4-3-5-9-21/h6-7,10-11H,3-5,8-9H2,1-2H3,(H,20,22)/t11-/m1/s1. The van der Waals surface area contributed by atoms with Crippen LogP contribution < -0.4 is 10.2 Å². The topological polar surface area (TPSA) is 66.5 Å². The van der Waals surface area contributed by atoms with Crippen LogP contribution in [0.1, 0.15) is 31.7 Å². The van der Waals surface area contributed by atoms with E-state index >= 15 is 0 Å². The molecule has 9 heteroatoms. The lowest BCUT2D eigenvalue weighted by Gasteiger charge is -2.31. The Morgan fingerprint density at radius 3 is 2.32 bits per heavy atom. The lowest BCUT2D eigenvalue weighted by Crippen LogP contribution is -2.34. The lowest BCUT2D eigenvalue weighted by atomic mass is 10.1. The van der Waals surface area contributed by atoms with Crippen molar-refractivity contribution in [2.45, 2.75) is 37.6 Å². The van der Waals surface area contributed by atoms with E-state index in [1.807, 2.05) is 4.90 Å². The number of sulfone groups is 1. The zero-order valence-corrected chi connectivity index (χ0v) is 14.9. The molecule has 1 saturated heterocycles. The number of carbonyl (C=O) groups is 1. The minimum atomic E-state index is -4.55. The fourth-order valence-electron chi connectivity index (χ4n) is 2.65. The molecule has 1 aromatic rings. The molecule has 0 bridgehead atoms. The van der Waals surface area contributed by atoms with Crippen LogP contribution >= 0.6 is 0 Å². The molecule has 1 atom stereocenters. The molecule has 0 saturated carbocycles. The van der Waals surface area contributed by atoms with E-state index < -0.39 is 32.7 Å². The van der Waals surface area contributed by atoms with Crippen molar-refractivity contribution in [2.24, 2.45) is 0 Å². The number of halogens is 3. The Balaban J connectivity index is 2.38. The summed E-state index contributed by atoms with van der Waals surface area (Å²) >= 11 is 0. The average Bonchev–Trinajstić information content (AvgIpc) is 2.53. The second kappa shape index (κ2) is 7.23. The molecule has 0 unspecified atom stereocenters. The molecule has 0 aromatic heterocycles. The van der Waals surface area contributed by atoms with Crippen LogP contribution in [0.2, 0.25) is 0 Å². The van der Waals surface area contributed by atoms with Gasteiger partial charge in [-0.05, 0) is 44.4 Å². The number of rotatable bonds is 4. The third kappa shape index (κ3) is 4.87. The van der Waals surface area contributed by atoms with Crippen molar-refractivity contribution in [3.63, 3.8) is 0 Å². The van der Waals surface area contributed by atoms with E-state index in [9.17, 15) is 26.4 Å². The lowest BCUT2D eigenvalue weighted by molar-refractivity contribution is -0.137. The average molecular weight is 378 g/mol. The summed E-state index contributed by atoms with van der Waals surface area (Å²) in [7, 11) is -3.65. The van der Waals surface area contributed by atoms with Crippen LogP contribution in [0.15, 0.2) is 18.2 Å². The minimum absolute atomic E-state index is 0.0165. The molecular formula is C16H21F3N2O3S. The molecule has 1 N–H and O–H groups in total. The normalized spacial score (nSPS) is 17.2. The van der Waals surface area contributed by atoms with Gasteiger partial charge in [-0.15, -0.1) is 0 Å². The maximum absolute atomic E-state index is 13.0. The number of nitrogens with zero attached hydrogens (tertiary/aromatic N) is 1. The summed E-state index contributed by atoms with van der Waals surface area (Å²) in [6.07, 6.45) is -0.774. The van der Waals surface area contributed by atoms with Gasteiger partial charge in [0.25, 0.3) is 0 Å². The van der Waals surface area contributed by atoms with Gasteiger partial charge < -0.3 is 10.2 Å². The smallest absolute Gasteiger partial charge is 0.370 e. The van der Waals surface area contributed by atoms with Crippen molar-refractivity contribution in [1.82, 2.24) is 0 Å². The van der Waals surface area contributed by atoms with E-state index in [0.717, 1.165) is 37.7 Å². The third-order valence-corrected chi connectivity index (χ3v) is 5.79.